The molecule has 0 aromatic heterocycles. The Morgan fingerprint density at radius 2 is 1.67 bits per heavy atom. The van der Waals surface area contributed by atoms with Gasteiger partial charge in [0.05, 0.1) is 20.3 Å². The lowest BCUT2D eigenvalue weighted by Gasteiger charge is -2.26. The summed E-state index contributed by atoms with van der Waals surface area (Å²) in [5.41, 5.74) is 4.06. The molecule has 4 rings (SSSR count). The fourth-order valence-electron chi connectivity index (χ4n) is 4.00. The maximum absolute atomic E-state index is 13.0. The number of methoxy groups -OCH3 is 2. The quantitative estimate of drug-likeness (QED) is 0.592. The van der Waals surface area contributed by atoms with E-state index in [-0.39, 0.29) is 12.1 Å². The number of amides is 2. The van der Waals surface area contributed by atoms with Gasteiger partial charge < -0.3 is 19.7 Å². The molecule has 1 fully saturated rings. The van der Waals surface area contributed by atoms with Crippen LogP contribution in [0.2, 0.25) is 0 Å². The summed E-state index contributed by atoms with van der Waals surface area (Å²) in [6.07, 6.45) is 1.86. The Kier molecular flexibility index (Phi) is 5.89. The lowest BCUT2D eigenvalue weighted by molar-refractivity contribution is 0.206. The van der Waals surface area contributed by atoms with Crippen LogP contribution in [0.5, 0.6) is 11.5 Å². The van der Waals surface area contributed by atoms with E-state index in [1.807, 2.05) is 65.6 Å². The van der Waals surface area contributed by atoms with Crippen molar-refractivity contribution in [2.24, 2.45) is 0 Å². The first-order valence-corrected chi connectivity index (χ1v) is 10.1. The average Bonchev–Trinajstić information content (AvgIpc) is 3.29. The molecule has 0 radical (unpaired) electrons. The van der Waals surface area contributed by atoms with Crippen LogP contribution in [0.4, 0.5) is 10.5 Å². The predicted molar refractivity (Wildman–Crippen MR) is 119 cm³/mol. The van der Waals surface area contributed by atoms with E-state index in [1.54, 1.807) is 14.2 Å². The molecule has 1 heterocycles. The van der Waals surface area contributed by atoms with Gasteiger partial charge in [0, 0.05) is 23.9 Å². The van der Waals surface area contributed by atoms with Gasteiger partial charge in [-0.1, -0.05) is 42.5 Å². The molecule has 0 saturated carbocycles. The Morgan fingerprint density at radius 3 is 2.37 bits per heavy atom. The summed E-state index contributed by atoms with van der Waals surface area (Å²) in [6.45, 7) is 0.716. The number of carbonyl (C=O) groups is 1. The molecular weight excluding hydrogens is 376 g/mol. The molecule has 5 nitrogen and oxygen atoms in total. The second-order valence-corrected chi connectivity index (χ2v) is 7.33. The van der Waals surface area contributed by atoms with Crippen LogP contribution in [-0.2, 0) is 0 Å². The standard InChI is InChI=1S/C25H26N2O3/c1-29-21-14-15-22(24(17-21)30-2)23-9-6-16-27(23)25(28)26-20-12-10-19(11-13-20)18-7-4-3-5-8-18/h3-5,7-8,10-15,17,23H,6,9,16H2,1-2H3,(H,26,28). The Bertz CT molecular complexity index is 1000. The van der Waals surface area contributed by atoms with Gasteiger partial charge in [-0.15, -0.1) is 0 Å². The minimum atomic E-state index is -0.0946. The number of ether oxygens (including phenoxy) is 2. The van der Waals surface area contributed by atoms with E-state index in [9.17, 15) is 4.79 Å². The highest BCUT2D eigenvalue weighted by Crippen LogP contribution is 2.39. The number of hydrogen-bond acceptors (Lipinski definition) is 3. The lowest BCUT2D eigenvalue weighted by Crippen LogP contribution is -2.34. The lowest BCUT2D eigenvalue weighted by atomic mass is 10.0. The van der Waals surface area contributed by atoms with Gasteiger partial charge in [-0.2, -0.15) is 0 Å². The van der Waals surface area contributed by atoms with Crippen LogP contribution in [0.1, 0.15) is 24.4 Å². The van der Waals surface area contributed by atoms with Crippen LogP contribution in [-0.4, -0.2) is 31.7 Å². The van der Waals surface area contributed by atoms with Crippen LogP contribution in [0, 0.1) is 0 Å². The molecular formula is C25H26N2O3. The molecule has 154 valence electrons. The van der Waals surface area contributed by atoms with Gasteiger partial charge in [-0.3, -0.25) is 0 Å². The first-order valence-electron chi connectivity index (χ1n) is 10.1. The van der Waals surface area contributed by atoms with E-state index in [2.05, 4.69) is 17.4 Å². The summed E-state index contributed by atoms with van der Waals surface area (Å²) in [4.78, 5) is 14.9. The highest BCUT2D eigenvalue weighted by molar-refractivity contribution is 5.90. The summed E-state index contributed by atoms with van der Waals surface area (Å²) in [6, 6.07) is 23.8. The summed E-state index contributed by atoms with van der Waals surface area (Å²) >= 11 is 0. The summed E-state index contributed by atoms with van der Waals surface area (Å²) < 4.78 is 10.9. The normalized spacial score (nSPS) is 15.7. The van der Waals surface area contributed by atoms with Crippen molar-refractivity contribution < 1.29 is 14.3 Å². The molecule has 0 aliphatic carbocycles. The number of carbonyl (C=O) groups excluding carboxylic acids is 1. The molecule has 0 bridgehead atoms. The zero-order valence-electron chi connectivity index (χ0n) is 17.3. The second kappa shape index (κ2) is 8.91. The molecule has 1 unspecified atom stereocenters. The maximum atomic E-state index is 13.0. The predicted octanol–water partition coefficient (Wildman–Crippen LogP) is 5.74. The molecule has 0 spiro atoms. The average molecular weight is 402 g/mol. The summed E-state index contributed by atoms with van der Waals surface area (Å²) in [5.74, 6) is 1.48. The third-order valence-electron chi connectivity index (χ3n) is 5.56. The SMILES string of the molecule is COc1ccc(C2CCCN2C(=O)Nc2ccc(-c3ccccc3)cc2)c(OC)c1. The smallest absolute Gasteiger partial charge is 0.322 e. The van der Waals surface area contributed by atoms with Crippen LogP contribution in [0.15, 0.2) is 72.8 Å². The number of urea groups is 1. The minimum Gasteiger partial charge on any atom is -0.497 e. The largest absolute Gasteiger partial charge is 0.497 e. The van der Waals surface area contributed by atoms with E-state index in [0.29, 0.717) is 6.54 Å². The first kappa shape index (κ1) is 19.8. The monoisotopic (exact) mass is 402 g/mol. The second-order valence-electron chi connectivity index (χ2n) is 7.33. The van der Waals surface area contributed by atoms with E-state index in [4.69, 9.17) is 9.47 Å². The topological polar surface area (TPSA) is 50.8 Å². The Morgan fingerprint density at radius 1 is 0.933 bits per heavy atom. The van der Waals surface area contributed by atoms with E-state index >= 15 is 0 Å². The zero-order valence-corrected chi connectivity index (χ0v) is 17.3. The summed E-state index contributed by atoms with van der Waals surface area (Å²) in [7, 11) is 3.28. The molecule has 1 aliphatic heterocycles. The Labute approximate surface area is 177 Å². The molecule has 1 N–H and O–H groups in total. The Hall–Kier alpha value is -3.47. The van der Waals surface area contributed by atoms with Crippen molar-refractivity contribution in [3.63, 3.8) is 0 Å². The van der Waals surface area contributed by atoms with Gasteiger partial charge in [0.25, 0.3) is 0 Å². The third-order valence-corrected chi connectivity index (χ3v) is 5.56. The van der Waals surface area contributed by atoms with Crippen molar-refractivity contribution in [1.82, 2.24) is 4.90 Å². The molecule has 1 saturated heterocycles. The molecule has 1 atom stereocenters. The molecule has 3 aromatic rings. The van der Waals surface area contributed by atoms with E-state index in [1.165, 1.54) is 0 Å². The highest BCUT2D eigenvalue weighted by atomic mass is 16.5. The molecule has 5 heteroatoms. The number of likely N-dealkylation sites (tertiary alicyclic amines) is 1. The van der Waals surface area contributed by atoms with Crippen molar-refractivity contribution in [3.8, 4) is 22.6 Å². The zero-order chi connectivity index (χ0) is 20.9. The Balaban J connectivity index is 1.49. The van der Waals surface area contributed by atoms with Gasteiger partial charge in [-0.25, -0.2) is 4.79 Å². The minimum absolute atomic E-state index is 0.0190. The van der Waals surface area contributed by atoms with Crippen LogP contribution >= 0.6 is 0 Å². The molecule has 1 aliphatic rings. The van der Waals surface area contributed by atoms with Crippen LogP contribution < -0.4 is 14.8 Å². The van der Waals surface area contributed by atoms with Gasteiger partial charge in [0.2, 0.25) is 0 Å². The molecule has 3 aromatic carbocycles. The van der Waals surface area contributed by atoms with E-state index < -0.39 is 0 Å². The number of hydrogen-bond donors (Lipinski definition) is 1. The van der Waals surface area contributed by atoms with Gasteiger partial charge in [0.15, 0.2) is 0 Å². The number of nitrogens with zero attached hydrogens (tertiary/aromatic N) is 1. The van der Waals surface area contributed by atoms with Gasteiger partial charge in [-0.05, 0) is 48.2 Å². The van der Waals surface area contributed by atoms with Gasteiger partial charge >= 0.3 is 6.03 Å². The fraction of sp³-hybridized carbons (Fsp3) is 0.240. The van der Waals surface area contributed by atoms with Crippen molar-refractivity contribution in [2.75, 3.05) is 26.1 Å². The van der Waals surface area contributed by atoms with E-state index in [0.717, 1.165) is 46.7 Å². The molecule has 30 heavy (non-hydrogen) atoms. The van der Waals surface area contributed by atoms with Crippen molar-refractivity contribution in [1.29, 1.82) is 0 Å². The fourth-order valence-corrected chi connectivity index (χ4v) is 4.00. The van der Waals surface area contributed by atoms with Crippen molar-refractivity contribution in [3.05, 3.63) is 78.4 Å². The summed E-state index contributed by atoms with van der Waals surface area (Å²) in [5, 5.41) is 3.04. The van der Waals surface area contributed by atoms with Crippen molar-refractivity contribution in [2.45, 2.75) is 18.9 Å². The van der Waals surface area contributed by atoms with Crippen LogP contribution in [0.3, 0.4) is 0 Å². The molecule has 2 amide bonds. The van der Waals surface area contributed by atoms with Crippen LogP contribution in [0.25, 0.3) is 11.1 Å². The first-order chi connectivity index (χ1) is 14.7. The number of benzene rings is 3. The highest BCUT2D eigenvalue weighted by Gasteiger charge is 2.32. The van der Waals surface area contributed by atoms with Crippen molar-refractivity contribution >= 4 is 11.7 Å². The maximum Gasteiger partial charge on any atom is 0.322 e. The van der Waals surface area contributed by atoms with Gasteiger partial charge in [0.1, 0.15) is 11.5 Å². The number of anilines is 1. The number of nitrogens with one attached hydrogen (secondary N) is 1. The third kappa shape index (κ3) is 4.10. The number of rotatable bonds is 5.